The summed E-state index contributed by atoms with van der Waals surface area (Å²) >= 11 is 3.29. The largest absolute Gasteiger partial charge is 0.302 e. The van der Waals surface area contributed by atoms with Crippen LogP contribution in [0.5, 0.6) is 0 Å². The Kier molecular flexibility index (Phi) is 4.33. The molecule has 0 radical (unpaired) electrons. The molecule has 14 heavy (non-hydrogen) atoms. The maximum absolute atomic E-state index is 10.5. The van der Waals surface area contributed by atoms with Crippen LogP contribution in [-0.4, -0.2) is 6.29 Å². The molecule has 0 fully saturated rings. The molecule has 0 aliphatic carbocycles. The van der Waals surface area contributed by atoms with E-state index in [1.165, 1.54) is 5.56 Å². The number of alkyl halides is 1. The van der Waals surface area contributed by atoms with Gasteiger partial charge in [-0.2, -0.15) is 0 Å². The highest BCUT2D eigenvalue weighted by Crippen LogP contribution is 2.20. The molecule has 76 valence electrons. The summed E-state index contributed by atoms with van der Waals surface area (Å²) in [4.78, 5) is 10.4. The second-order valence-corrected chi connectivity index (χ2v) is 4.86. The van der Waals surface area contributed by atoms with E-state index in [0.29, 0.717) is 5.92 Å². The van der Waals surface area contributed by atoms with E-state index in [4.69, 9.17) is 0 Å². The van der Waals surface area contributed by atoms with E-state index in [9.17, 15) is 4.79 Å². The van der Waals surface area contributed by atoms with Gasteiger partial charge < -0.3 is 4.79 Å². The molecule has 0 aliphatic heterocycles. The number of benzene rings is 1. The van der Waals surface area contributed by atoms with Crippen LogP contribution in [0.1, 0.15) is 29.8 Å². The summed E-state index contributed by atoms with van der Waals surface area (Å²) < 4.78 is 0. The SMILES string of the molecule is CC(C)Cc1ccc(C(Br)C=O)cc1. The van der Waals surface area contributed by atoms with E-state index in [1.807, 2.05) is 12.1 Å². The number of rotatable bonds is 4. The molecular formula is C12H15BrO. The van der Waals surface area contributed by atoms with Gasteiger partial charge in [-0.05, 0) is 23.5 Å². The van der Waals surface area contributed by atoms with Crippen molar-refractivity contribution in [3.05, 3.63) is 35.4 Å². The Morgan fingerprint density at radius 3 is 2.29 bits per heavy atom. The van der Waals surface area contributed by atoms with Crippen LogP contribution in [0.3, 0.4) is 0 Å². The summed E-state index contributed by atoms with van der Waals surface area (Å²) in [5.41, 5.74) is 2.35. The van der Waals surface area contributed by atoms with Gasteiger partial charge in [-0.1, -0.05) is 54.0 Å². The lowest BCUT2D eigenvalue weighted by molar-refractivity contribution is -0.107. The zero-order chi connectivity index (χ0) is 10.6. The number of hydrogen-bond donors (Lipinski definition) is 0. The fraction of sp³-hybridized carbons (Fsp3) is 0.417. The van der Waals surface area contributed by atoms with Crippen molar-refractivity contribution in [1.29, 1.82) is 0 Å². The van der Waals surface area contributed by atoms with Crippen LogP contribution in [-0.2, 0) is 11.2 Å². The first kappa shape index (κ1) is 11.4. The van der Waals surface area contributed by atoms with Gasteiger partial charge in [0.2, 0.25) is 0 Å². The molecular weight excluding hydrogens is 240 g/mol. The molecule has 0 saturated carbocycles. The molecule has 1 rings (SSSR count). The van der Waals surface area contributed by atoms with E-state index in [0.717, 1.165) is 18.3 Å². The molecule has 2 heteroatoms. The van der Waals surface area contributed by atoms with Gasteiger partial charge in [0.25, 0.3) is 0 Å². The van der Waals surface area contributed by atoms with Gasteiger partial charge in [0, 0.05) is 0 Å². The molecule has 0 aliphatic rings. The second kappa shape index (κ2) is 5.30. The number of aldehydes is 1. The van der Waals surface area contributed by atoms with Gasteiger partial charge in [0.15, 0.2) is 0 Å². The van der Waals surface area contributed by atoms with Crippen LogP contribution < -0.4 is 0 Å². The lowest BCUT2D eigenvalue weighted by atomic mass is 10.0. The topological polar surface area (TPSA) is 17.1 Å². The Balaban J connectivity index is 2.73. The van der Waals surface area contributed by atoms with Gasteiger partial charge in [-0.15, -0.1) is 0 Å². The lowest BCUT2D eigenvalue weighted by Crippen LogP contribution is -1.95. The third-order valence-electron chi connectivity index (χ3n) is 2.06. The molecule has 1 nitrogen and oxygen atoms in total. The van der Waals surface area contributed by atoms with Crippen LogP contribution >= 0.6 is 15.9 Å². The van der Waals surface area contributed by atoms with Crippen LogP contribution in [0.4, 0.5) is 0 Å². The number of carbonyl (C=O) groups is 1. The molecule has 1 aromatic carbocycles. The highest BCUT2D eigenvalue weighted by molar-refractivity contribution is 9.09. The van der Waals surface area contributed by atoms with E-state index >= 15 is 0 Å². The molecule has 0 heterocycles. The third-order valence-corrected chi connectivity index (χ3v) is 2.81. The van der Waals surface area contributed by atoms with Crippen LogP contribution in [0, 0.1) is 5.92 Å². The first-order valence-corrected chi connectivity index (χ1v) is 5.73. The minimum Gasteiger partial charge on any atom is -0.302 e. The van der Waals surface area contributed by atoms with E-state index < -0.39 is 0 Å². The van der Waals surface area contributed by atoms with E-state index in [2.05, 4.69) is 41.9 Å². The first-order chi connectivity index (χ1) is 6.63. The fourth-order valence-corrected chi connectivity index (χ4v) is 1.69. The maximum Gasteiger partial charge on any atom is 0.138 e. The Labute approximate surface area is 93.7 Å². The second-order valence-electron chi connectivity index (χ2n) is 3.88. The maximum atomic E-state index is 10.5. The van der Waals surface area contributed by atoms with Crippen molar-refractivity contribution in [3.63, 3.8) is 0 Å². The molecule has 0 N–H and O–H groups in total. The van der Waals surface area contributed by atoms with Gasteiger partial charge in [-0.25, -0.2) is 0 Å². The molecule has 1 aromatic rings. The summed E-state index contributed by atoms with van der Waals surface area (Å²) in [7, 11) is 0. The van der Waals surface area contributed by atoms with E-state index in [1.54, 1.807) is 0 Å². The monoisotopic (exact) mass is 254 g/mol. The van der Waals surface area contributed by atoms with Crippen LogP contribution in [0.25, 0.3) is 0 Å². The van der Waals surface area contributed by atoms with Gasteiger partial charge in [-0.3, -0.25) is 0 Å². The van der Waals surface area contributed by atoms with Crippen LogP contribution in [0.15, 0.2) is 24.3 Å². The predicted molar refractivity (Wildman–Crippen MR) is 62.7 cm³/mol. The van der Waals surface area contributed by atoms with Crippen LogP contribution in [0.2, 0.25) is 0 Å². The predicted octanol–water partition coefficient (Wildman–Crippen LogP) is 3.52. The normalized spacial score (nSPS) is 12.9. The average molecular weight is 255 g/mol. The summed E-state index contributed by atoms with van der Waals surface area (Å²) in [6.45, 7) is 4.40. The highest BCUT2D eigenvalue weighted by Gasteiger charge is 2.05. The Bertz CT molecular complexity index is 290. The average Bonchev–Trinajstić information content (AvgIpc) is 2.17. The molecule has 0 saturated heterocycles. The van der Waals surface area contributed by atoms with Crippen molar-refractivity contribution in [3.8, 4) is 0 Å². The number of halogens is 1. The zero-order valence-corrected chi connectivity index (χ0v) is 10.1. The fourth-order valence-electron chi connectivity index (χ4n) is 1.39. The quantitative estimate of drug-likeness (QED) is 0.594. The molecule has 0 aromatic heterocycles. The van der Waals surface area contributed by atoms with Gasteiger partial charge >= 0.3 is 0 Å². The minimum absolute atomic E-state index is 0.171. The summed E-state index contributed by atoms with van der Waals surface area (Å²) in [5.74, 6) is 0.673. The number of carbonyl (C=O) groups excluding carboxylic acids is 1. The molecule has 1 atom stereocenters. The molecule has 1 unspecified atom stereocenters. The first-order valence-electron chi connectivity index (χ1n) is 4.81. The lowest BCUT2D eigenvalue weighted by Gasteiger charge is -2.07. The molecule has 0 spiro atoms. The van der Waals surface area contributed by atoms with Crippen molar-refractivity contribution in [2.75, 3.05) is 0 Å². The van der Waals surface area contributed by atoms with Gasteiger partial charge in [0.05, 0.1) is 4.83 Å². The van der Waals surface area contributed by atoms with Crippen molar-refractivity contribution >= 4 is 22.2 Å². The van der Waals surface area contributed by atoms with Crippen molar-refractivity contribution < 1.29 is 4.79 Å². The smallest absolute Gasteiger partial charge is 0.138 e. The van der Waals surface area contributed by atoms with Crippen molar-refractivity contribution in [2.45, 2.75) is 25.1 Å². The van der Waals surface area contributed by atoms with Crippen molar-refractivity contribution in [2.24, 2.45) is 5.92 Å². The highest BCUT2D eigenvalue weighted by atomic mass is 79.9. The third kappa shape index (κ3) is 3.26. The summed E-state index contributed by atoms with van der Waals surface area (Å²) in [6.07, 6.45) is 1.99. The van der Waals surface area contributed by atoms with E-state index in [-0.39, 0.29) is 4.83 Å². The molecule has 0 amide bonds. The molecule has 0 bridgehead atoms. The Morgan fingerprint density at radius 1 is 1.29 bits per heavy atom. The standard InChI is InChI=1S/C12H15BrO/c1-9(2)7-10-3-5-11(6-4-10)12(13)8-14/h3-6,8-9,12H,7H2,1-2H3. The Hall–Kier alpha value is -0.630. The minimum atomic E-state index is -0.171. The number of hydrogen-bond acceptors (Lipinski definition) is 1. The Morgan fingerprint density at radius 2 is 1.86 bits per heavy atom. The van der Waals surface area contributed by atoms with Gasteiger partial charge in [0.1, 0.15) is 6.29 Å². The summed E-state index contributed by atoms with van der Waals surface area (Å²) in [6, 6.07) is 8.19. The zero-order valence-electron chi connectivity index (χ0n) is 8.53. The van der Waals surface area contributed by atoms with Crippen molar-refractivity contribution in [1.82, 2.24) is 0 Å². The summed E-state index contributed by atoms with van der Waals surface area (Å²) in [5, 5.41) is 0.